The molecule has 202 valence electrons. The lowest BCUT2D eigenvalue weighted by atomic mass is 10.0. The molecular formula is C39H36N2. The third-order valence-electron chi connectivity index (χ3n) is 6.93. The van der Waals surface area contributed by atoms with Gasteiger partial charge < -0.3 is 10.2 Å². The molecule has 6 aromatic carbocycles. The molecule has 41 heavy (non-hydrogen) atoms. The van der Waals surface area contributed by atoms with Crippen LogP contribution in [-0.4, -0.2) is 0 Å². The molecule has 0 atom stereocenters. The zero-order valence-corrected chi connectivity index (χ0v) is 24.0. The van der Waals surface area contributed by atoms with E-state index in [-0.39, 0.29) is 0 Å². The highest BCUT2D eigenvalue weighted by Crippen LogP contribution is 2.35. The third kappa shape index (κ3) is 7.52. The summed E-state index contributed by atoms with van der Waals surface area (Å²) in [6.07, 6.45) is 0. The van der Waals surface area contributed by atoms with Crippen molar-refractivity contribution in [3.05, 3.63) is 174 Å². The topological polar surface area (TPSA) is 15.3 Å². The molecule has 0 aliphatic carbocycles. The van der Waals surface area contributed by atoms with Crippen LogP contribution in [0.4, 0.5) is 28.4 Å². The quantitative estimate of drug-likeness (QED) is 0.229. The normalized spacial score (nSPS) is 10.3. The Morgan fingerprint density at radius 3 is 1.17 bits per heavy atom. The lowest BCUT2D eigenvalue weighted by Crippen LogP contribution is -2.09. The zero-order chi connectivity index (χ0) is 28.4. The number of rotatable bonds is 6. The molecule has 0 aromatic heterocycles. The van der Waals surface area contributed by atoms with Gasteiger partial charge in [0.05, 0.1) is 0 Å². The Hall–Kier alpha value is -5.08. The van der Waals surface area contributed by atoms with Crippen molar-refractivity contribution in [2.45, 2.75) is 20.8 Å². The molecular weight excluding hydrogens is 496 g/mol. The molecule has 0 bridgehead atoms. The van der Waals surface area contributed by atoms with E-state index in [0.29, 0.717) is 0 Å². The molecule has 0 amide bonds. The molecule has 0 aliphatic heterocycles. The summed E-state index contributed by atoms with van der Waals surface area (Å²) < 4.78 is 0. The summed E-state index contributed by atoms with van der Waals surface area (Å²) in [7, 11) is 0. The molecule has 2 nitrogen and oxygen atoms in total. The van der Waals surface area contributed by atoms with E-state index in [1.54, 1.807) is 0 Å². The average Bonchev–Trinajstić information content (AvgIpc) is 3.02. The average molecular weight is 533 g/mol. The van der Waals surface area contributed by atoms with Crippen LogP contribution >= 0.6 is 0 Å². The Bertz CT molecular complexity index is 1600. The van der Waals surface area contributed by atoms with Crippen LogP contribution in [0.2, 0.25) is 0 Å². The summed E-state index contributed by atoms with van der Waals surface area (Å²) in [5.41, 5.74) is 11.9. The Labute approximate surface area is 244 Å². The van der Waals surface area contributed by atoms with Crippen molar-refractivity contribution in [1.82, 2.24) is 0 Å². The molecule has 0 aliphatic rings. The zero-order valence-electron chi connectivity index (χ0n) is 24.0. The second-order valence-corrected chi connectivity index (χ2v) is 10.3. The van der Waals surface area contributed by atoms with Crippen LogP contribution in [-0.2, 0) is 0 Å². The molecule has 6 rings (SSSR count). The Morgan fingerprint density at radius 1 is 0.341 bits per heavy atom. The molecule has 0 fully saturated rings. The minimum Gasteiger partial charge on any atom is -0.356 e. The number of aryl methyl sites for hydroxylation is 3. The van der Waals surface area contributed by atoms with Crippen LogP contribution in [0.3, 0.4) is 0 Å². The van der Waals surface area contributed by atoms with Gasteiger partial charge in [0, 0.05) is 28.4 Å². The molecule has 0 radical (unpaired) electrons. The van der Waals surface area contributed by atoms with Gasteiger partial charge in [0.25, 0.3) is 0 Å². The van der Waals surface area contributed by atoms with Crippen LogP contribution in [0.5, 0.6) is 0 Å². The van der Waals surface area contributed by atoms with Gasteiger partial charge in [0.1, 0.15) is 0 Å². The first-order chi connectivity index (χ1) is 20.0. The minimum atomic E-state index is 1.08. The number of nitrogens with zero attached hydrogens (tertiary/aromatic N) is 1. The van der Waals surface area contributed by atoms with E-state index < -0.39 is 0 Å². The summed E-state index contributed by atoms with van der Waals surface area (Å²) >= 11 is 0. The van der Waals surface area contributed by atoms with Crippen molar-refractivity contribution < 1.29 is 0 Å². The van der Waals surface area contributed by atoms with Gasteiger partial charge in [-0.05, 0) is 92.6 Å². The van der Waals surface area contributed by atoms with Crippen molar-refractivity contribution >= 4 is 28.4 Å². The Kier molecular flexibility index (Phi) is 8.93. The van der Waals surface area contributed by atoms with E-state index in [1.807, 2.05) is 18.2 Å². The van der Waals surface area contributed by atoms with Crippen molar-refractivity contribution in [3.8, 4) is 11.1 Å². The molecule has 1 N–H and O–H groups in total. The predicted molar refractivity (Wildman–Crippen MR) is 177 cm³/mol. The molecule has 0 spiro atoms. The number of nitrogens with one attached hydrogen (secondary N) is 1. The highest BCUT2D eigenvalue weighted by atomic mass is 15.1. The van der Waals surface area contributed by atoms with E-state index in [1.165, 1.54) is 27.8 Å². The van der Waals surface area contributed by atoms with Gasteiger partial charge in [-0.15, -0.1) is 0 Å². The van der Waals surface area contributed by atoms with Gasteiger partial charge in [-0.3, -0.25) is 0 Å². The second-order valence-electron chi connectivity index (χ2n) is 10.3. The van der Waals surface area contributed by atoms with Crippen LogP contribution in [0.15, 0.2) is 158 Å². The number of benzene rings is 6. The van der Waals surface area contributed by atoms with Gasteiger partial charge in [0.2, 0.25) is 0 Å². The number of anilines is 5. The molecule has 2 heteroatoms. The monoisotopic (exact) mass is 532 g/mol. The SMILES string of the molecule is Cc1ccc(C)cc1.Cc1ccc(N(c2ccccc2)c2ccc(-c3ccc(Nc4ccccc4)cc3)cc2)cc1. The number of para-hydroxylation sites is 2. The van der Waals surface area contributed by atoms with Gasteiger partial charge in [-0.2, -0.15) is 0 Å². The summed E-state index contributed by atoms with van der Waals surface area (Å²) in [5, 5.41) is 3.44. The van der Waals surface area contributed by atoms with E-state index in [0.717, 1.165) is 28.4 Å². The van der Waals surface area contributed by atoms with E-state index >= 15 is 0 Å². The van der Waals surface area contributed by atoms with Gasteiger partial charge in [-0.1, -0.05) is 114 Å². The van der Waals surface area contributed by atoms with Gasteiger partial charge in [0.15, 0.2) is 0 Å². The van der Waals surface area contributed by atoms with Gasteiger partial charge in [-0.25, -0.2) is 0 Å². The maximum absolute atomic E-state index is 3.44. The van der Waals surface area contributed by atoms with Crippen molar-refractivity contribution in [2.24, 2.45) is 0 Å². The Balaban J connectivity index is 0.000000365. The highest BCUT2D eigenvalue weighted by molar-refractivity contribution is 5.78. The Morgan fingerprint density at radius 2 is 0.683 bits per heavy atom. The molecule has 0 saturated carbocycles. The summed E-state index contributed by atoms with van der Waals surface area (Å²) in [5.74, 6) is 0. The fraction of sp³-hybridized carbons (Fsp3) is 0.0769. The van der Waals surface area contributed by atoms with E-state index in [4.69, 9.17) is 0 Å². The largest absolute Gasteiger partial charge is 0.356 e. The van der Waals surface area contributed by atoms with Crippen molar-refractivity contribution in [3.63, 3.8) is 0 Å². The summed E-state index contributed by atoms with van der Waals surface area (Å²) in [4.78, 5) is 2.29. The fourth-order valence-electron chi connectivity index (χ4n) is 4.59. The lowest BCUT2D eigenvalue weighted by Gasteiger charge is -2.25. The minimum absolute atomic E-state index is 1.08. The molecule has 0 unspecified atom stereocenters. The molecule has 6 aromatic rings. The number of hydrogen-bond acceptors (Lipinski definition) is 2. The first kappa shape index (κ1) is 27.5. The summed E-state index contributed by atoms with van der Waals surface area (Å²) in [6, 6.07) is 55.2. The highest BCUT2D eigenvalue weighted by Gasteiger charge is 2.12. The lowest BCUT2D eigenvalue weighted by molar-refractivity contribution is 1.27. The van der Waals surface area contributed by atoms with E-state index in [2.05, 4.69) is 171 Å². The smallest absolute Gasteiger partial charge is 0.0462 e. The molecule has 0 heterocycles. The van der Waals surface area contributed by atoms with Crippen LogP contribution < -0.4 is 10.2 Å². The first-order valence-corrected chi connectivity index (χ1v) is 14.0. The van der Waals surface area contributed by atoms with Crippen molar-refractivity contribution in [1.29, 1.82) is 0 Å². The van der Waals surface area contributed by atoms with Crippen LogP contribution in [0.1, 0.15) is 16.7 Å². The van der Waals surface area contributed by atoms with Gasteiger partial charge >= 0.3 is 0 Å². The first-order valence-electron chi connectivity index (χ1n) is 14.0. The van der Waals surface area contributed by atoms with Crippen LogP contribution in [0, 0.1) is 20.8 Å². The van der Waals surface area contributed by atoms with Crippen molar-refractivity contribution in [2.75, 3.05) is 10.2 Å². The maximum atomic E-state index is 3.44. The standard InChI is InChI=1S/C31H26N2.C8H10/c1-24-12-20-30(21-13-24)33(29-10-6-3-7-11-29)31-22-16-26(17-23-31)25-14-18-28(19-15-25)32-27-8-4-2-5-9-27;1-7-3-5-8(2)6-4-7/h2-23,32H,1H3;3-6H,1-2H3. The molecule has 0 saturated heterocycles. The van der Waals surface area contributed by atoms with Crippen LogP contribution in [0.25, 0.3) is 11.1 Å². The second kappa shape index (κ2) is 13.3. The maximum Gasteiger partial charge on any atom is 0.0462 e. The van der Waals surface area contributed by atoms with E-state index in [9.17, 15) is 0 Å². The third-order valence-corrected chi connectivity index (χ3v) is 6.93. The summed E-state index contributed by atoms with van der Waals surface area (Å²) in [6.45, 7) is 6.31. The predicted octanol–water partition coefficient (Wildman–Crippen LogP) is 11.2. The fourth-order valence-corrected chi connectivity index (χ4v) is 4.59. The number of hydrogen-bond donors (Lipinski definition) is 1.